The van der Waals surface area contributed by atoms with E-state index in [-0.39, 0.29) is 5.82 Å². The number of likely N-dealkylation sites (N-methyl/N-ethyl adjacent to an activating group) is 1. The number of hydrogen-bond donors (Lipinski definition) is 1. The molecule has 1 aliphatic rings. The van der Waals surface area contributed by atoms with Crippen LogP contribution in [-0.2, 0) is 0 Å². The van der Waals surface area contributed by atoms with Crippen molar-refractivity contribution in [2.45, 2.75) is 0 Å². The Morgan fingerprint density at radius 2 is 1.78 bits per heavy atom. The molecule has 1 N–H and O–H groups in total. The van der Waals surface area contributed by atoms with Gasteiger partial charge in [-0.2, -0.15) is 5.10 Å². The lowest BCUT2D eigenvalue weighted by Crippen LogP contribution is -2.44. The van der Waals surface area contributed by atoms with Crippen molar-refractivity contribution in [3.05, 3.63) is 59.9 Å². The quantitative estimate of drug-likeness (QED) is 0.695. The molecule has 5 heteroatoms. The molecule has 0 radical (unpaired) electrons. The molecule has 0 atom stereocenters. The molecule has 4 nitrogen and oxygen atoms in total. The Balaban J connectivity index is 1.65. The summed E-state index contributed by atoms with van der Waals surface area (Å²) in [6, 6.07) is 14.9. The number of hydrazone groups is 1. The first-order chi connectivity index (χ1) is 11.2. The second-order valence-electron chi connectivity index (χ2n) is 5.73. The van der Waals surface area contributed by atoms with Crippen LogP contribution in [0.4, 0.5) is 15.8 Å². The molecule has 0 aliphatic carbocycles. The molecule has 1 fully saturated rings. The Bertz CT molecular complexity index is 664. The summed E-state index contributed by atoms with van der Waals surface area (Å²) in [4.78, 5) is 4.50. The van der Waals surface area contributed by atoms with E-state index in [4.69, 9.17) is 0 Å². The monoisotopic (exact) mass is 312 g/mol. The summed E-state index contributed by atoms with van der Waals surface area (Å²) in [5.74, 6) is -0.250. The van der Waals surface area contributed by atoms with Crippen molar-refractivity contribution in [1.29, 1.82) is 0 Å². The standard InChI is InChI=1S/C18H21FN4/c1-22-9-11-23(12-10-22)17-8-7-15(18(19)13-17)14-20-21-16-5-3-2-4-6-16/h2-8,13-14,21H,9-12H2,1H3. The highest BCUT2D eigenvalue weighted by molar-refractivity contribution is 5.81. The van der Waals surface area contributed by atoms with Gasteiger partial charge in [-0.1, -0.05) is 18.2 Å². The molecule has 3 rings (SSSR count). The number of benzene rings is 2. The maximum Gasteiger partial charge on any atom is 0.134 e. The molecule has 0 saturated carbocycles. The summed E-state index contributed by atoms with van der Waals surface area (Å²) in [6.45, 7) is 3.87. The van der Waals surface area contributed by atoms with Gasteiger partial charge in [0.05, 0.1) is 11.9 Å². The number of para-hydroxylation sites is 1. The Hall–Kier alpha value is -2.40. The Labute approximate surface area is 136 Å². The average molecular weight is 312 g/mol. The first kappa shape index (κ1) is 15.5. The van der Waals surface area contributed by atoms with Crippen LogP contribution in [0.1, 0.15) is 5.56 Å². The first-order valence-electron chi connectivity index (χ1n) is 7.79. The fourth-order valence-electron chi connectivity index (χ4n) is 2.57. The van der Waals surface area contributed by atoms with Crippen molar-refractivity contribution in [2.75, 3.05) is 43.6 Å². The molecule has 1 aliphatic heterocycles. The van der Waals surface area contributed by atoms with Gasteiger partial charge in [-0.25, -0.2) is 4.39 Å². The van der Waals surface area contributed by atoms with E-state index in [1.165, 1.54) is 6.21 Å². The van der Waals surface area contributed by atoms with Crippen LogP contribution in [0.5, 0.6) is 0 Å². The van der Waals surface area contributed by atoms with Crippen LogP contribution in [0.15, 0.2) is 53.6 Å². The van der Waals surface area contributed by atoms with Crippen LogP contribution in [0.25, 0.3) is 0 Å². The van der Waals surface area contributed by atoms with E-state index < -0.39 is 0 Å². The molecule has 120 valence electrons. The highest BCUT2D eigenvalue weighted by atomic mass is 19.1. The fraction of sp³-hybridized carbons (Fsp3) is 0.278. The van der Waals surface area contributed by atoms with Crippen molar-refractivity contribution >= 4 is 17.6 Å². The van der Waals surface area contributed by atoms with Crippen molar-refractivity contribution < 1.29 is 4.39 Å². The third kappa shape index (κ3) is 4.07. The number of hydrogen-bond acceptors (Lipinski definition) is 4. The zero-order valence-corrected chi connectivity index (χ0v) is 13.2. The Morgan fingerprint density at radius 1 is 1.04 bits per heavy atom. The molecule has 2 aromatic rings. The summed E-state index contributed by atoms with van der Waals surface area (Å²) < 4.78 is 14.3. The van der Waals surface area contributed by atoms with Gasteiger partial charge >= 0.3 is 0 Å². The van der Waals surface area contributed by atoms with Gasteiger partial charge in [0.2, 0.25) is 0 Å². The van der Waals surface area contributed by atoms with Gasteiger partial charge in [-0.3, -0.25) is 5.43 Å². The second-order valence-corrected chi connectivity index (χ2v) is 5.73. The van der Waals surface area contributed by atoms with Crippen LogP contribution in [0.2, 0.25) is 0 Å². The van der Waals surface area contributed by atoms with Crippen molar-refractivity contribution in [2.24, 2.45) is 5.10 Å². The maximum absolute atomic E-state index is 14.3. The molecule has 23 heavy (non-hydrogen) atoms. The summed E-state index contributed by atoms with van der Waals surface area (Å²) in [6.07, 6.45) is 1.51. The van der Waals surface area contributed by atoms with E-state index in [1.54, 1.807) is 12.1 Å². The lowest BCUT2D eigenvalue weighted by Gasteiger charge is -2.34. The summed E-state index contributed by atoms with van der Waals surface area (Å²) >= 11 is 0. The zero-order chi connectivity index (χ0) is 16.1. The predicted octanol–water partition coefficient (Wildman–Crippen LogP) is 3.02. The predicted molar refractivity (Wildman–Crippen MR) is 93.8 cm³/mol. The lowest BCUT2D eigenvalue weighted by atomic mass is 10.2. The van der Waals surface area contributed by atoms with E-state index in [0.29, 0.717) is 5.56 Å². The normalized spacial score (nSPS) is 16.0. The minimum absolute atomic E-state index is 0.250. The molecular weight excluding hydrogens is 291 g/mol. The number of nitrogens with one attached hydrogen (secondary N) is 1. The van der Waals surface area contributed by atoms with Crippen LogP contribution < -0.4 is 10.3 Å². The molecule has 0 amide bonds. The summed E-state index contributed by atoms with van der Waals surface area (Å²) in [5.41, 5.74) is 5.18. The van der Waals surface area contributed by atoms with Crippen LogP contribution in [0, 0.1) is 5.82 Å². The minimum Gasteiger partial charge on any atom is -0.369 e. The number of piperazine rings is 1. The van der Waals surface area contributed by atoms with Gasteiger partial charge in [-0.15, -0.1) is 0 Å². The largest absolute Gasteiger partial charge is 0.369 e. The van der Waals surface area contributed by atoms with Crippen molar-refractivity contribution in [3.8, 4) is 0 Å². The number of halogens is 1. The minimum atomic E-state index is -0.250. The Kier molecular flexibility index (Phi) is 4.88. The summed E-state index contributed by atoms with van der Waals surface area (Å²) in [7, 11) is 2.11. The topological polar surface area (TPSA) is 30.9 Å². The molecule has 1 saturated heterocycles. The van der Waals surface area contributed by atoms with E-state index in [1.807, 2.05) is 36.4 Å². The highest BCUT2D eigenvalue weighted by Gasteiger charge is 2.15. The number of nitrogens with zero attached hydrogens (tertiary/aromatic N) is 3. The van der Waals surface area contributed by atoms with Crippen LogP contribution in [-0.4, -0.2) is 44.3 Å². The van der Waals surface area contributed by atoms with Gasteiger partial charge in [0.25, 0.3) is 0 Å². The fourth-order valence-corrected chi connectivity index (χ4v) is 2.57. The van der Waals surface area contributed by atoms with Crippen LogP contribution >= 0.6 is 0 Å². The van der Waals surface area contributed by atoms with E-state index >= 15 is 0 Å². The van der Waals surface area contributed by atoms with Crippen LogP contribution in [0.3, 0.4) is 0 Å². The smallest absolute Gasteiger partial charge is 0.134 e. The first-order valence-corrected chi connectivity index (χ1v) is 7.79. The zero-order valence-electron chi connectivity index (χ0n) is 13.2. The summed E-state index contributed by atoms with van der Waals surface area (Å²) in [5, 5.41) is 4.09. The molecule has 0 unspecified atom stereocenters. The molecular formula is C18H21FN4. The van der Waals surface area contributed by atoms with E-state index in [9.17, 15) is 4.39 Å². The molecule has 0 aromatic heterocycles. The lowest BCUT2D eigenvalue weighted by molar-refractivity contribution is 0.313. The van der Waals surface area contributed by atoms with E-state index in [0.717, 1.165) is 37.6 Å². The van der Waals surface area contributed by atoms with Gasteiger partial charge in [0.1, 0.15) is 5.82 Å². The third-order valence-electron chi connectivity index (χ3n) is 4.02. The third-order valence-corrected chi connectivity index (χ3v) is 4.02. The van der Waals surface area contributed by atoms with Gasteiger partial charge in [0.15, 0.2) is 0 Å². The molecule has 0 bridgehead atoms. The highest BCUT2D eigenvalue weighted by Crippen LogP contribution is 2.19. The SMILES string of the molecule is CN1CCN(c2ccc(C=NNc3ccccc3)c(F)c2)CC1. The number of rotatable bonds is 4. The molecule has 2 aromatic carbocycles. The maximum atomic E-state index is 14.3. The van der Waals surface area contributed by atoms with Crippen molar-refractivity contribution in [1.82, 2.24) is 4.90 Å². The van der Waals surface area contributed by atoms with Gasteiger partial charge in [0, 0.05) is 37.4 Å². The number of anilines is 2. The van der Waals surface area contributed by atoms with Gasteiger partial charge in [-0.05, 0) is 37.4 Å². The molecule has 0 spiro atoms. The van der Waals surface area contributed by atoms with Gasteiger partial charge < -0.3 is 9.80 Å². The van der Waals surface area contributed by atoms with E-state index in [2.05, 4.69) is 27.4 Å². The van der Waals surface area contributed by atoms with Crippen molar-refractivity contribution in [3.63, 3.8) is 0 Å². The average Bonchev–Trinajstić information content (AvgIpc) is 2.58. The second kappa shape index (κ2) is 7.24. The molecule has 1 heterocycles. The Morgan fingerprint density at radius 3 is 2.48 bits per heavy atom.